The Bertz CT molecular complexity index is 871. The van der Waals surface area contributed by atoms with Crippen molar-refractivity contribution in [1.82, 2.24) is 9.69 Å². The monoisotopic (exact) mass is 413 g/mol. The maximum Gasteiger partial charge on any atom is 0.344 e. The van der Waals surface area contributed by atoms with E-state index in [0.29, 0.717) is 13.0 Å². The van der Waals surface area contributed by atoms with Gasteiger partial charge in [0.1, 0.15) is 11.6 Å². The Balaban J connectivity index is 2.14. The molecule has 0 fully saturated rings. The van der Waals surface area contributed by atoms with Gasteiger partial charge >= 0.3 is 12.0 Å². The van der Waals surface area contributed by atoms with Crippen LogP contribution in [0, 0.1) is 17.6 Å². The molecular weight excluding hydrogens is 392 g/mol. The molecule has 152 valence electrons. The Kier molecular flexibility index (Phi) is 7.27. The van der Waals surface area contributed by atoms with Crippen molar-refractivity contribution in [3.05, 3.63) is 40.5 Å². The Morgan fingerprint density at radius 2 is 1.89 bits per heavy atom. The number of rotatable bonds is 8. The van der Waals surface area contributed by atoms with Gasteiger partial charge in [0.05, 0.1) is 0 Å². The van der Waals surface area contributed by atoms with Crippen molar-refractivity contribution < 1.29 is 28.2 Å². The lowest BCUT2D eigenvalue weighted by atomic mass is 10.1. The number of amides is 2. The van der Waals surface area contributed by atoms with Gasteiger partial charge in [0.25, 0.3) is 0 Å². The molecule has 1 aromatic carbocycles. The molecule has 10 heteroatoms. The van der Waals surface area contributed by atoms with Crippen LogP contribution < -0.4 is 15.4 Å². The van der Waals surface area contributed by atoms with Gasteiger partial charge in [-0.2, -0.15) is 4.37 Å². The number of aromatic nitrogens is 1. The van der Waals surface area contributed by atoms with Crippen molar-refractivity contribution in [2.24, 2.45) is 5.92 Å². The molecule has 0 atom stereocenters. The summed E-state index contributed by atoms with van der Waals surface area (Å²) in [6.45, 7) is 5.53. The zero-order valence-electron chi connectivity index (χ0n) is 15.6. The average Bonchev–Trinajstić information content (AvgIpc) is 3.04. The predicted molar refractivity (Wildman–Crippen MR) is 101 cm³/mol. The number of hydrogen-bond donors (Lipinski definition) is 3. The van der Waals surface area contributed by atoms with Gasteiger partial charge < -0.3 is 15.2 Å². The lowest BCUT2D eigenvalue weighted by molar-refractivity contribution is 0.0693. The molecule has 2 amide bonds. The first-order valence-electron chi connectivity index (χ1n) is 8.60. The summed E-state index contributed by atoms with van der Waals surface area (Å²) >= 11 is 0.720. The molecule has 0 aliphatic carbocycles. The zero-order valence-corrected chi connectivity index (χ0v) is 16.5. The minimum atomic E-state index is -1.36. The molecule has 0 spiro atoms. The number of nitrogens with one attached hydrogen (secondary N) is 2. The second-order valence-electron chi connectivity index (χ2n) is 6.38. The van der Waals surface area contributed by atoms with Crippen LogP contribution in [0.4, 0.5) is 18.6 Å². The number of aromatic carboxylic acids is 1. The molecular formula is C18H21F2N3O4S. The van der Waals surface area contributed by atoms with E-state index in [-0.39, 0.29) is 33.5 Å². The fourth-order valence-electron chi connectivity index (χ4n) is 2.25. The number of aryl methyl sites for hydroxylation is 1. The third-order valence-electron chi connectivity index (χ3n) is 3.76. The molecule has 0 saturated heterocycles. The van der Waals surface area contributed by atoms with Gasteiger partial charge in [-0.1, -0.05) is 32.9 Å². The Morgan fingerprint density at radius 3 is 2.50 bits per heavy atom. The van der Waals surface area contributed by atoms with Crippen molar-refractivity contribution in [3.63, 3.8) is 0 Å². The van der Waals surface area contributed by atoms with E-state index in [2.05, 4.69) is 15.0 Å². The number of urea groups is 1. The van der Waals surface area contributed by atoms with E-state index in [1.807, 2.05) is 13.8 Å². The number of benzene rings is 1. The lowest BCUT2D eigenvalue weighted by Gasteiger charge is -2.10. The summed E-state index contributed by atoms with van der Waals surface area (Å²) in [5, 5.41) is 14.4. The average molecular weight is 413 g/mol. The molecule has 0 bridgehead atoms. The van der Waals surface area contributed by atoms with E-state index < -0.39 is 30.2 Å². The predicted octanol–water partition coefficient (Wildman–Crippen LogP) is 4.04. The molecule has 0 aliphatic heterocycles. The zero-order chi connectivity index (χ0) is 20.8. The number of ether oxygens (including phenoxy) is 1. The molecule has 0 radical (unpaired) electrons. The Morgan fingerprint density at radius 1 is 1.25 bits per heavy atom. The van der Waals surface area contributed by atoms with Gasteiger partial charge in [0, 0.05) is 12.1 Å². The molecule has 2 rings (SSSR count). The largest absolute Gasteiger partial charge is 0.477 e. The first kappa shape index (κ1) is 21.5. The van der Waals surface area contributed by atoms with Crippen molar-refractivity contribution in [2.45, 2.75) is 33.8 Å². The maximum atomic E-state index is 14.1. The number of nitrogens with zero attached hydrogens (tertiary/aromatic N) is 1. The second-order valence-corrected chi connectivity index (χ2v) is 7.15. The minimum absolute atomic E-state index is 0.0169. The van der Waals surface area contributed by atoms with Crippen molar-refractivity contribution in [2.75, 3.05) is 11.9 Å². The molecule has 1 heterocycles. The summed E-state index contributed by atoms with van der Waals surface area (Å²) in [5.74, 6) is -3.42. The summed E-state index contributed by atoms with van der Waals surface area (Å²) in [5.41, 5.74) is -0.181. The van der Waals surface area contributed by atoms with Crippen LogP contribution in [0.3, 0.4) is 0 Å². The summed E-state index contributed by atoms with van der Waals surface area (Å²) in [6.07, 6.45) is 0.340. The van der Waals surface area contributed by atoms with E-state index in [1.54, 1.807) is 6.92 Å². The molecule has 1 aromatic heterocycles. The standard InChI is InChI=1S/C18H21F2N3O4S/c1-4-10-5-6-11(14(20)13(10)19)8-27-15-12(17(24)25)16(28-23-15)22-18(26)21-7-9(2)3/h5-6,9H,4,7-8H2,1-3H3,(H,24,25)(H2,21,22,26). The fraction of sp³-hybridized carbons (Fsp3) is 0.389. The normalized spacial score (nSPS) is 10.8. The highest BCUT2D eigenvalue weighted by molar-refractivity contribution is 7.11. The Hall–Kier alpha value is -2.75. The minimum Gasteiger partial charge on any atom is -0.477 e. The lowest BCUT2D eigenvalue weighted by Crippen LogP contribution is -2.31. The summed E-state index contributed by atoms with van der Waals surface area (Å²) < 4.78 is 37.1. The van der Waals surface area contributed by atoms with E-state index in [0.717, 1.165) is 11.5 Å². The quantitative estimate of drug-likeness (QED) is 0.606. The van der Waals surface area contributed by atoms with E-state index >= 15 is 0 Å². The maximum absolute atomic E-state index is 14.1. The van der Waals surface area contributed by atoms with Gasteiger partial charge in [0.2, 0.25) is 5.88 Å². The summed E-state index contributed by atoms with van der Waals surface area (Å²) in [4.78, 5) is 23.4. The van der Waals surface area contributed by atoms with Gasteiger partial charge in [0.15, 0.2) is 17.2 Å². The molecule has 2 aromatic rings. The van der Waals surface area contributed by atoms with Crippen LogP contribution in [0.15, 0.2) is 12.1 Å². The number of carbonyl (C=O) groups excluding carboxylic acids is 1. The van der Waals surface area contributed by atoms with Crippen LogP contribution in [-0.4, -0.2) is 28.0 Å². The number of anilines is 1. The molecule has 28 heavy (non-hydrogen) atoms. The van der Waals surface area contributed by atoms with Crippen LogP contribution in [0.1, 0.15) is 42.3 Å². The Labute approximate surface area is 164 Å². The van der Waals surface area contributed by atoms with Gasteiger partial charge in [-0.3, -0.25) is 5.32 Å². The SMILES string of the molecule is CCc1ccc(COc2nsc(NC(=O)NCC(C)C)c2C(=O)O)c(F)c1F. The highest BCUT2D eigenvalue weighted by atomic mass is 32.1. The fourth-order valence-corrected chi connectivity index (χ4v) is 2.97. The molecule has 0 saturated carbocycles. The number of carboxylic acid groups (broad SMARTS) is 1. The molecule has 0 aliphatic rings. The van der Waals surface area contributed by atoms with Crippen molar-refractivity contribution in [1.29, 1.82) is 0 Å². The smallest absolute Gasteiger partial charge is 0.344 e. The van der Waals surface area contributed by atoms with E-state index in [4.69, 9.17) is 4.74 Å². The van der Waals surface area contributed by atoms with Crippen LogP contribution in [0.25, 0.3) is 0 Å². The first-order chi connectivity index (χ1) is 13.2. The van der Waals surface area contributed by atoms with Crippen LogP contribution in [0.2, 0.25) is 0 Å². The van der Waals surface area contributed by atoms with Crippen LogP contribution in [-0.2, 0) is 13.0 Å². The third-order valence-corrected chi connectivity index (χ3v) is 4.51. The highest BCUT2D eigenvalue weighted by Gasteiger charge is 2.24. The molecule has 0 unspecified atom stereocenters. The topological polar surface area (TPSA) is 101 Å². The second kappa shape index (κ2) is 9.45. The molecule has 3 N–H and O–H groups in total. The van der Waals surface area contributed by atoms with E-state index in [9.17, 15) is 23.5 Å². The number of carbonyl (C=O) groups is 2. The number of hydrogen-bond acceptors (Lipinski definition) is 5. The van der Waals surface area contributed by atoms with Crippen LogP contribution >= 0.6 is 11.5 Å². The van der Waals surface area contributed by atoms with Gasteiger partial charge in [-0.05, 0) is 29.4 Å². The van der Waals surface area contributed by atoms with Gasteiger partial charge in [-0.15, -0.1) is 0 Å². The van der Waals surface area contributed by atoms with Gasteiger partial charge in [-0.25, -0.2) is 18.4 Å². The summed E-state index contributed by atoms with van der Waals surface area (Å²) in [6, 6.07) is 2.25. The van der Waals surface area contributed by atoms with Crippen molar-refractivity contribution >= 4 is 28.5 Å². The highest BCUT2D eigenvalue weighted by Crippen LogP contribution is 2.31. The first-order valence-corrected chi connectivity index (χ1v) is 9.38. The van der Waals surface area contributed by atoms with Crippen molar-refractivity contribution in [3.8, 4) is 5.88 Å². The number of carboxylic acids is 1. The molecule has 7 nitrogen and oxygen atoms in total. The van der Waals surface area contributed by atoms with E-state index in [1.165, 1.54) is 12.1 Å². The number of halogens is 2. The third kappa shape index (κ3) is 5.16. The summed E-state index contributed by atoms with van der Waals surface area (Å²) in [7, 11) is 0. The van der Waals surface area contributed by atoms with Crippen LogP contribution in [0.5, 0.6) is 5.88 Å².